The van der Waals surface area contributed by atoms with Crippen molar-refractivity contribution in [2.45, 2.75) is 231 Å². The first-order chi connectivity index (χ1) is 31.5. The number of methoxy groups -OCH3 is 3. The zero-order valence-corrected chi connectivity index (χ0v) is 45.0. The maximum Gasteiger partial charge on any atom is 0.329 e. The predicted octanol–water partition coefficient (Wildman–Crippen LogP) is 9.06. The first-order valence-electron chi connectivity index (χ1n) is 25.8. The van der Waals surface area contributed by atoms with Crippen LogP contribution >= 0.6 is 0 Å². The molecule has 13 nitrogen and oxygen atoms in total. The summed E-state index contributed by atoms with van der Waals surface area (Å²) >= 11 is 0. The molecule has 1 amide bonds. The fraction of sp³-hybridized carbons (Fsp3) is 0.849. The van der Waals surface area contributed by atoms with Crippen LogP contribution in [0.5, 0.6) is 0 Å². The number of carbonyl (C=O) groups excluding carboxylic acids is 4. The smallest absolute Gasteiger partial charge is 0.329 e. The molecule has 0 radical (unpaired) electrons. The molecule has 0 aromatic rings. The van der Waals surface area contributed by atoms with Crippen molar-refractivity contribution in [3.05, 3.63) is 23.3 Å². The maximum absolute atomic E-state index is 14.6. The van der Waals surface area contributed by atoms with E-state index in [1.807, 2.05) is 26.8 Å². The zero-order chi connectivity index (χ0) is 50.1. The lowest BCUT2D eigenvalue weighted by molar-refractivity contribution is -0.302. The summed E-state index contributed by atoms with van der Waals surface area (Å²) in [7, 11) is 2.65. The first kappa shape index (κ1) is 57.3. The number of allylic oxidation sites excluding steroid dienone is 3. The topological polar surface area (TPSA) is 167 Å². The molecule has 2 saturated heterocycles. The Kier molecular flexibility index (Phi) is 21.5. The number of aliphatic hydroxyl groups excluding tert-OH is 1. The average molecular weight is 962 g/mol. The third kappa shape index (κ3) is 13.4. The van der Waals surface area contributed by atoms with E-state index in [4.69, 9.17) is 28.1 Å². The molecular formula is C53H91NO12Si. The van der Waals surface area contributed by atoms with Gasteiger partial charge >= 0.3 is 5.97 Å². The van der Waals surface area contributed by atoms with E-state index in [1.165, 1.54) is 4.90 Å². The highest BCUT2D eigenvalue weighted by atomic mass is 28.4. The molecule has 1 saturated carbocycles. The fourth-order valence-corrected chi connectivity index (χ4v) is 18.0. The first-order valence-corrected chi connectivity index (χ1v) is 27.9. The number of Topliss-reactive ketones (excluding diaryl/α,β-unsaturated/α-hetero) is 2. The molecule has 2 N–H and O–H groups in total. The van der Waals surface area contributed by atoms with Gasteiger partial charge in [-0.05, 0) is 112 Å². The summed E-state index contributed by atoms with van der Waals surface area (Å²) in [5.41, 5.74) is 3.03. The minimum atomic E-state index is -2.50. The Bertz CT molecular complexity index is 1690. The molecule has 3 heterocycles. The molecular weight excluding hydrogens is 871 g/mol. The van der Waals surface area contributed by atoms with Gasteiger partial charge in [-0.1, -0.05) is 93.4 Å². The number of aliphatic hydroxyl groups is 2. The monoisotopic (exact) mass is 962 g/mol. The molecule has 3 aliphatic heterocycles. The summed E-state index contributed by atoms with van der Waals surface area (Å²) in [6.45, 7) is 25.3. The second-order valence-electron chi connectivity index (χ2n) is 21.9. The van der Waals surface area contributed by atoms with Crippen LogP contribution in [0.1, 0.15) is 160 Å². The number of rotatable bonds is 12. The van der Waals surface area contributed by atoms with E-state index in [9.17, 15) is 29.4 Å². The Morgan fingerprint density at radius 2 is 1.48 bits per heavy atom. The van der Waals surface area contributed by atoms with Gasteiger partial charge in [-0.25, -0.2) is 4.79 Å². The van der Waals surface area contributed by atoms with Gasteiger partial charge in [-0.15, -0.1) is 0 Å². The van der Waals surface area contributed by atoms with Crippen molar-refractivity contribution in [3.8, 4) is 0 Å². The third-order valence-corrected chi connectivity index (χ3v) is 22.2. The zero-order valence-electron chi connectivity index (χ0n) is 44.0. The number of cyclic esters (lactones) is 1. The number of esters is 1. The van der Waals surface area contributed by atoms with E-state index in [-0.39, 0.29) is 55.6 Å². The van der Waals surface area contributed by atoms with Gasteiger partial charge in [0.15, 0.2) is 0 Å². The van der Waals surface area contributed by atoms with Gasteiger partial charge in [0.2, 0.25) is 14.1 Å². The Hall–Kier alpha value is -2.30. The van der Waals surface area contributed by atoms with E-state index < -0.39 is 86.1 Å². The van der Waals surface area contributed by atoms with Crippen molar-refractivity contribution in [2.24, 2.45) is 29.6 Å². The van der Waals surface area contributed by atoms with E-state index in [0.717, 1.165) is 30.4 Å². The van der Waals surface area contributed by atoms with Crippen molar-refractivity contribution in [2.75, 3.05) is 27.9 Å². The van der Waals surface area contributed by atoms with Gasteiger partial charge in [0, 0.05) is 52.0 Å². The summed E-state index contributed by atoms with van der Waals surface area (Å²) in [6, 6.07) is -1.13. The molecule has 1 aliphatic carbocycles. The Morgan fingerprint density at radius 1 is 0.866 bits per heavy atom. The van der Waals surface area contributed by atoms with Crippen LogP contribution in [0, 0.1) is 29.6 Å². The average Bonchev–Trinajstić information content (AvgIpc) is 3.28. The number of hydrogen-bond acceptors (Lipinski definition) is 12. The molecule has 14 unspecified atom stereocenters. The quantitative estimate of drug-likeness (QED) is 0.0826. The number of ketones is 2. The number of ether oxygens (including phenoxy) is 5. The van der Waals surface area contributed by atoms with Crippen LogP contribution in [0.4, 0.5) is 0 Å². The van der Waals surface area contributed by atoms with Gasteiger partial charge in [0.05, 0.1) is 30.5 Å². The van der Waals surface area contributed by atoms with Crippen LogP contribution in [0.3, 0.4) is 0 Å². The van der Waals surface area contributed by atoms with Gasteiger partial charge in [0.25, 0.3) is 11.7 Å². The highest BCUT2D eigenvalue weighted by Crippen LogP contribution is 2.46. The molecule has 4 rings (SSSR count). The Balaban J connectivity index is 1.76. The van der Waals surface area contributed by atoms with Crippen molar-refractivity contribution in [3.63, 3.8) is 0 Å². The Morgan fingerprint density at radius 3 is 2.06 bits per heavy atom. The van der Waals surface area contributed by atoms with Gasteiger partial charge in [0.1, 0.15) is 24.0 Å². The molecule has 2 bridgehead atoms. The van der Waals surface area contributed by atoms with E-state index >= 15 is 0 Å². The minimum absolute atomic E-state index is 0.0363. The number of nitrogens with zero attached hydrogens (tertiary/aromatic N) is 1. The lowest BCUT2D eigenvalue weighted by Gasteiger charge is -2.47. The van der Waals surface area contributed by atoms with Crippen LogP contribution < -0.4 is 0 Å². The van der Waals surface area contributed by atoms with Crippen molar-refractivity contribution >= 4 is 31.8 Å². The summed E-state index contributed by atoms with van der Waals surface area (Å²) < 4.78 is 38.0. The largest absolute Gasteiger partial charge is 0.456 e. The molecule has 0 aromatic carbocycles. The second-order valence-corrected chi connectivity index (χ2v) is 27.3. The van der Waals surface area contributed by atoms with Gasteiger partial charge in [-0.2, -0.15) is 0 Å². The molecule has 0 spiro atoms. The number of hydrogen-bond donors (Lipinski definition) is 2. The summed E-state index contributed by atoms with van der Waals surface area (Å²) in [4.78, 5) is 58.9. The molecule has 67 heavy (non-hydrogen) atoms. The Labute approximate surface area is 404 Å². The maximum atomic E-state index is 14.6. The molecule has 4 aliphatic rings. The SMILES string of the molecule is CCCC1/C=C(\C)CC(C)CC(OC)C2OC(O)(C(=O)C(=O)N3CCCCC3C(=O)OC(C(C)=CC3CCC(O[Si](C(C)C)(C(C)C)C(C)C)C(OC)C3)C(C)C(O)CC1=O)C(C)CC2OC. The van der Waals surface area contributed by atoms with Gasteiger partial charge in [-0.3, -0.25) is 14.4 Å². The molecule has 3 fully saturated rings. The molecule has 0 aromatic heterocycles. The van der Waals surface area contributed by atoms with Crippen LogP contribution in [0.15, 0.2) is 23.3 Å². The van der Waals surface area contributed by atoms with E-state index in [0.29, 0.717) is 55.1 Å². The van der Waals surface area contributed by atoms with E-state index in [2.05, 4.69) is 54.5 Å². The number of fused-ring (bicyclic) bond motifs is 3. The highest BCUT2D eigenvalue weighted by molar-refractivity contribution is 6.77. The molecule has 14 heteroatoms. The summed E-state index contributed by atoms with van der Waals surface area (Å²) in [5, 5.41) is 24.2. The fourth-order valence-electron chi connectivity index (χ4n) is 12.4. The summed E-state index contributed by atoms with van der Waals surface area (Å²) in [6.07, 6.45) is 6.14. The number of amides is 1. The minimum Gasteiger partial charge on any atom is -0.456 e. The van der Waals surface area contributed by atoms with Crippen LogP contribution in [-0.2, 0) is 47.3 Å². The third-order valence-electron chi connectivity index (χ3n) is 16.1. The predicted molar refractivity (Wildman–Crippen MR) is 263 cm³/mol. The van der Waals surface area contributed by atoms with Crippen molar-refractivity contribution < 1.29 is 57.5 Å². The number of carbonyl (C=O) groups is 4. The lowest BCUT2D eigenvalue weighted by atomic mass is 9.81. The van der Waals surface area contributed by atoms with E-state index in [1.54, 1.807) is 35.2 Å². The van der Waals surface area contributed by atoms with Crippen molar-refractivity contribution in [1.29, 1.82) is 0 Å². The standard InChI is InChI=1S/C53H91NO12Si/c1-16-19-40-25-34(8)24-35(9)26-46(62-14)49-47(63-15)28-37(11)53(60,65-49)50(57)51(58)54-23-18-17-20-41(54)52(59)64-48(38(12)42(55)30-43(40)56)36(10)27-39-21-22-44(45(29-39)61-13)66-67(31(2)3,32(4)5)33(6)7/h25,27,31-33,35,37-42,44-49,55,60H,16-24,26,28-30H2,1-15H3/b34-25+,36-27?. The van der Waals surface area contributed by atoms with Crippen molar-refractivity contribution in [1.82, 2.24) is 4.90 Å². The molecule has 14 atom stereocenters. The summed E-state index contributed by atoms with van der Waals surface area (Å²) in [5.74, 6) is -7.32. The normalized spacial score (nSPS) is 37.3. The van der Waals surface area contributed by atoms with Crippen LogP contribution in [-0.4, -0.2) is 129 Å². The second kappa shape index (κ2) is 25.2. The highest BCUT2D eigenvalue weighted by Gasteiger charge is 2.57. The van der Waals surface area contributed by atoms with Crippen LogP contribution in [0.2, 0.25) is 16.6 Å². The number of piperidine rings is 1. The molecule has 384 valence electrons. The van der Waals surface area contributed by atoms with Crippen LogP contribution in [0.25, 0.3) is 0 Å². The lowest BCUT2D eigenvalue weighted by Crippen LogP contribution is -2.64. The van der Waals surface area contributed by atoms with Gasteiger partial charge < -0.3 is 43.2 Å².